The van der Waals surface area contributed by atoms with Gasteiger partial charge >= 0.3 is 0 Å². The summed E-state index contributed by atoms with van der Waals surface area (Å²) in [5.41, 5.74) is 5.84. The third-order valence-corrected chi connectivity index (χ3v) is 3.80. The number of nitrogens with two attached hydrogens (primary N) is 1. The van der Waals surface area contributed by atoms with E-state index in [0.717, 1.165) is 50.3 Å². The van der Waals surface area contributed by atoms with Gasteiger partial charge in [0.05, 0.1) is 0 Å². The predicted octanol–water partition coefficient (Wildman–Crippen LogP) is 0.906. The van der Waals surface area contributed by atoms with Gasteiger partial charge in [0.2, 0.25) is 0 Å². The Morgan fingerprint density at radius 3 is 2.56 bits per heavy atom. The molecule has 2 N–H and O–H groups in total. The van der Waals surface area contributed by atoms with Gasteiger partial charge in [-0.25, -0.2) is 9.97 Å². The molecule has 18 heavy (non-hydrogen) atoms. The Labute approximate surface area is 108 Å². The Hall–Kier alpha value is -1.36. The van der Waals surface area contributed by atoms with Crippen LogP contribution in [0.5, 0.6) is 0 Å². The molecule has 98 valence electrons. The van der Waals surface area contributed by atoms with Crippen LogP contribution in [0.4, 0.5) is 11.6 Å². The zero-order valence-corrected chi connectivity index (χ0v) is 11.0. The van der Waals surface area contributed by atoms with Crippen LogP contribution < -0.4 is 10.6 Å². The Balaban J connectivity index is 1.69. The van der Waals surface area contributed by atoms with Gasteiger partial charge in [-0.2, -0.15) is 0 Å². The summed E-state index contributed by atoms with van der Waals surface area (Å²) in [4.78, 5) is 13.7. The molecule has 0 atom stereocenters. The Kier molecular flexibility index (Phi) is 3.07. The van der Waals surface area contributed by atoms with Crippen LogP contribution in [0.1, 0.15) is 25.6 Å². The fourth-order valence-corrected chi connectivity index (χ4v) is 2.58. The average Bonchev–Trinajstić information content (AvgIpc) is 3.22. The second-order valence-electron chi connectivity index (χ2n) is 5.17. The molecule has 0 spiro atoms. The molecule has 1 aliphatic carbocycles. The van der Waals surface area contributed by atoms with Crippen LogP contribution in [0, 0.1) is 0 Å². The highest BCUT2D eigenvalue weighted by molar-refractivity contribution is 5.47. The summed E-state index contributed by atoms with van der Waals surface area (Å²) >= 11 is 0. The van der Waals surface area contributed by atoms with E-state index in [1.165, 1.54) is 12.8 Å². The minimum absolute atomic E-state index is 0.585. The molecule has 0 amide bonds. The van der Waals surface area contributed by atoms with Gasteiger partial charge in [0.1, 0.15) is 17.5 Å². The Bertz CT molecular complexity index is 421. The lowest BCUT2D eigenvalue weighted by Gasteiger charge is -2.35. The fourth-order valence-electron chi connectivity index (χ4n) is 2.58. The molecule has 3 rings (SSSR count). The van der Waals surface area contributed by atoms with Crippen molar-refractivity contribution in [2.24, 2.45) is 0 Å². The van der Waals surface area contributed by atoms with E-state index in [1.807, 2.05) is 6.07 Å². The normalized spacial score (nSPS) is 21.3. The van der Waals surface area contributed by atoms with E-state index in [0.29, 0.717) is 5.82 Å². The van der Waals surface area contributed by atoms with Crippen molar-refractivity contribution >= 4 is 11.6 Å². The monoisotopic (exact) mass is 247 g/mol. The van der Waals surface area contributed by atoms with Crippen LogP contribution in [0.25, 0.3) is 0 Å². The highest BCUT2D eigenvalue weighted by Crippen LogP contribution is 2.28. The van der Waals surface area contributed by atoms with E-state index in [4.69, 9.17) is 5.73 Å². The van der Waals surface area contributed by atoms with Crippen LogP contribution >= 0.6 is 0 Å². The molecule has 1 aliphatic heterocycles. The van der Waals surface area contributed by atoms with Crippen molar-refractivity contribution in [3.8, 4) is 0 Å². The third-order valence-electron chi connectivity index (χ3n) is 3.80. The van der Waals surface area contributed by atoms with Crippen LogP contribution in [0.15, 0.2) is 6.07 Å². The summed E-state index contributed by atoms with van der Waals surface area (Å²) in [7, 11) is 0. The van der Waals surface area contributed by atoms with E-state index < -0.39 is 0 Å². The van der Waals surface area contributed by atoms with Crippen molar-refractivity contribution < 1.29 is 0 Å². The lowest BCUT2D eigenvalue weighted by atomic mass is 10.3. The lowest BCUT2D eigenvalue weighted by molar-refractivity contribution is 0.247. The number of aryl methyl sites for hydroxylation is 1. The number of anilines is 2. The molecule has 2 aliphatic rings. The first-order valence-corrected chi connectivity index (χ1v) is 6.88. The SMILES string of the molecule is CCc1nc(N)cc(N2CCN(C3CC3)CC2)n1. The molecular weight excluding hydrogens is 226 g/mol. The van der Waals surface area contributed by atoms with Crippen molar-refractivity contribution in [1.29, 1.82) is 0 Å². The first-order chi connectivity index (χ1) is 8.76. The smallest absolute Gasteiger partial charge is 0.134 e. The summed E-state index contributed by atoms with van der Waals surface area (Å²) in [5.74, 6) is 2.42. The minimum Gasteiger partial charge on any atom is -0.384 e. The van der Waals surface area contributed by atoms with Crippen molar-refractivity contribution in [2.45, 2.75) is 32.2 Å². The molecule has 2 fully saturated rings. The number of piperazine rings is 1. The zero-order valence-electron chi connectivity index (χ0n) is 11.0. The van der Waals surface area contributed by atoms with Crippen LogP contribution in [0.3, 0.4) is 0 Å². The van der Waals surface area contributed by atoms with Crippen LogP contribution in [-0.4, -0.2) is 47.1 Å². The predicted molar refractivity (Wildman–Crippen MR) is 72.6 cm³/mol. The maximum absolute atomic E-state index is 5.84. The summed E-state index contributed by atoms with van der Waals surface area (Å²) < 4.78 is 0. The summed E-state index contributed by atoms with van der Waals surface area (Å²) in [5, 5.41) is 0. The number of hydrogen-bond acceptors (Lipinski definition) is 5. The van der Waals surface area contributed by atoms with Gasteiger partial charge in [-0.15, -0.1) is 0 Å². The van der Waals surface area contributed by atoms with E-state index in [9.17, 15) is 0 Å². The third kappa shape index (κ3) is 2.41. The average molecular weight is 247 g/mol. The van der Waals surface area contributed by atoms with Gasteiger partial charge in [0.15, 0.2) is 0 Å². The molecule has 5 heteroatoms. The Morgan fingerprint density at radius 1 is 1.22 bits per heavy atom. The van der Waals surface area contributed by atoms with E-state index >= 15 is 0 Å². The summed E-state index contributed by atoms with van der Waals surface area (Å²) in [6.45, 7) is 6.46. The molecule has 1 saturated carbocycles. The molecule has 1 saturated heterocycles. The number of hydrogen-bond donors (Lipinski definition) is 1. The van der Waals surface area contributed by atoms with E-state index in [2.05, 4.69) is 26.7 Å². The molecule has 1 aromatic rings. The highest BCUT2D eigenvalue weighted by atomic mass is 15.3. The lowest BCUT2D eigenvalue weighted by Crippen LogP contribution is -2.47. The molecule has 1 aromatic heterocycles. The number of nitrogens with zero attached hydrogens (tertiary/aromatic N) is 4. The van der Waals surface area contributed by atoms with Gasteiger partial charge in [-0.3, -0.25) is 4.90 Å². The van der Waals surface area contributed by atoms with Gasteiger partial charge in [0, 0.05) is 44.7 Å². The minimum atomic E-state index is 0.585. The Morgan fingerprint density at radius 2 is 1.94 bits per heavy atom. The first-order valence-electron chi connectivity index (χ1n) is 6.88. The molecule has 5 nitrogen and oxygen atoms in total. The van der Waals surface area contributed by atoms with Crippen LogP contribution in [-0.2, 0) is 6.42 Å². The van der Waals surface area contributed by atoms with Gasteiger partial charge in [-0.1, -0.05) is 6.92 Å². The largest absolute Gasteiger partial charge is 0.384 e. The fraction of sp³-hybridized carbons (Fsp3) is 0.692. The quantitative estimate of drug-likeness (QED) is 0.860. The summed E-state index contributed by atoms with van der Waals surface area (Å²) in [6.07, 6.45) is 3.61. The molecule has 0 radical (unpaired) electrons. The molecule has 2 heterocycles. The van der Waals surface area contributed by atoms with Gasteiger partial charge < -0.3 is 10.6 Å². The number of aromatic nitrogens is 2. The van der Waals surface area contributed by atoms with Gasteiger partial charge in [-0.05, 0) is 12.8 Å². The second kappa shape index (κ2) is 4.72. The zero-order chi connectivity index (χ0) is 12.5. The van der Waals surface area contributed by atoms with Crippen molar-refractivity contribution in [1.82, 2.24) is 14.9 Å². The van der Waals surface area contributed by atoms with Crippen molar-refractivity contribution in [2.75, 3.05) is 36.8 Å². The highest BCUT2D eigenvalue weighted by Gasteiger charge is 2.31. The first kappa shape index (κ1) is 11.7. The van der Waals surface area contributed by atoms with Crippen molar-refractivity contribution in [3.63, 3.8) is 0 Å². The molecular formula is C13H21N5. The van der Waals surface area contributed by atoms with Crippen LogP contribution in [0.2, 0.25) is 0 Å². The molecule has 0 aromatic carbocycles. The van der Waals surface area contributed by atoms with E-state index in [-0.39, 0.29) is 0 Å². The van der Waals surface area contributed by atoms with Crippen molar-refractivity contribution in [3.05, 3.63) is 11.9 Å². The second-order valence-corrected chi connectivity index (χ2v) is 5.17. The number of rotatable bonds is 3. The van der Waals surface area contributed by atoms with Gasteiger partial charge in [0.25, 0.3) is 0 Å². The maximum atomic E-state index is 5.84. The number of nitrogen functional groups attached to an aromatic ring is 1. The molecule has 0 bridgehead atoms. The topological polar surface area (TPSA) is 58.3 Å². The standard InChI is InChI=1S/C13H21N5/c1-2-12-15-11(14)9-13(16-12)18-7-5-17(6-8-18)10-3-4-10/h9-10H,2-8H2,1H3,(H2,14,15,16). The summed E-state index contributed by atoms with van der Waals surface area (Å²) in [6, 6.07) is 2.76. The van der Waals surface area contributed by atoms with E-state index in [1.54, 1.807) is 0 Å². The molecule has 0 unspecified atom stereocenters. The maximum Gasteiger partial charge on any atom is 0.134 e.